The Labute approximate surface area is 118 Å². The summed E-state index contributed by atoms with van der Waals surface area (Å²) < 4.78 is 0. The number of benzene rings is 1. The van der Waals surface area contributed by atoms with Crippen LogP contribution in [-0.4, -0.2) is 23.7 Å². The molecule has 0 aliphatic heterocycles. The fourth-order valence-corrected chi connectivity index (χ4v) is 2.05. The van der Waals surface area contributed by atoms with E-state index in [1.54, 1.807) is 6.07 Å². The molecule has 0 radical (unpaired) electrons. The van der Waals surface area contributed by atoms with Gasteiger partial charge in [0.15, 0.2) is 0 Å². The Bertz CT molecular complexity index is 495. The average molecular weight is 280 g/mol. The smallest absolute Gasteiger partial charge is 0.328 e. The zero-order valence-electron chi connectivity index (χ0n) is 11.1. The van der Waals surface area contributed by atoms with Gasteiger partial charge in [-0.2, -0.15) is 0 Å². The largest absolute Gasteiger partial charge is 0.478 e. The number of carbonyl (C=O) groups is 1. The molecule has 0 saturated heterocycles. The van der Waals surface area contributed by atoms with Gasteiger partial charge in [-0.1, -0.05) is 23.7 Å². The molecule has 3 nitrogen and oxygen atoms in total. The van der Waals surface area contributed by atoms with E-state index in [0.29, 0.717) is 17.6 Å². The number of hydrogen-bond donors (Lipinski definition) is 1. The van der Waals surface area contributed by atoms with Crippen molar-refractivity contribution in [3.8, 4) is 0 Å². The van der Waals surface area contributed by atoms with Gasteiger partial charge < -0.3 is 10.0 Å². The molecule has 0 aliphatic rings. The Hall–Kier alpha value is -1.74. The van der Waals surface area contributed by atoms with E-state index >= 15 is 0 Å². The second-order valence-corrected chi connectivity index (χ2v) is 4.82. The molecular formula is C15H18ClNO2. The number of rotatable bonds is 6. The summed E-state index contributed by atoms with van der Waals surface area (Å²) in [6.07, 6.45) is 4.44. The number of carboxylic acids is 1. The molecule has 1 aromatic carbocycles. The van der Waals surface area contributed by atoms with Crippen LogP contribution in [0.3, 0.4) is 0 Å². The molecule has 0 aromatic heterocycles. The SMILES string of the molecule is C=CCN(c1ccc(/C=C/C(=O)O)cc1Cl)C(C)C. The number of hydrogen-bond acceptors (Lipinski definition) is 2. The number of aliphatic carboxylic acids is 1. The van der Waals surface area contributed by atoms with Crippen LogP contribution < -0.4 is 4.90 Å². The molecule has 102 valence electrons. The van der Waals surface area contributed by atoms with Crippen LogP contribution in [0.4, 0.5) is 5.69 Å². The molecule has 0 bridgehead atoms. The topological polar surface area (TPSA) is 40.5 Å². The summed E-state index contributed by atoms with van der Waals surface area (Å²) >= 11 is 6.26. The third-order valence-electron chi connectivity index (χ3n) is 2.65. The zero-order valence-corrected chi connectivity index (χ0v) is 11.9. The first-order valence-corrected chi connectivity index (χ1v) is 6.41. The summed E-state index contributed by atoms with van der Waals surface area (Å²) in [4.78, 5) is 12.6. The summed E-state index contributed by atoms with van der Waals surface area (Å²) in [5, 5.41) is 9.19. The minimum Gasteiger partial charge on any atom is -0.478 e. The summed E-state index contributed by atoms with van der Waals surface area (Å²) in [6.45, 7) is 8.62. The highest BCUT2D eigenvalue weighted by atomic mass is 35.5. The lowest BCUT2D eigenvalue weighted by molar-refractivity contribution is -0.131. The maximum Gasteiger partial charge on any atom is 0.328 e. The van der Waals surface area contributed by atoms with Crippen molar-refractivity contribution < 1.29 is 9.90 Å². The lowest BCUT2D eigenvalue weighted by Gasteiger charge is -2.28. The van der Waals surface area contributed by atoms with E-state index in [1.165, 1.54) is 6.08 Å². The minimum absolute atomic E-state index is 0.302. The van der Waals surface area contributed by atoms with Gasteiger partial charge in [0.2, 0.25) is 0 Å². The Morgan fingerprint density at radius 3 is 2.68 bits per heavy atom. The van der Waals surface area contributed by atoms with Gasteiger partial charge in [-0.05, 0) is 37.6 Å². The molecule has 0 aliphatic carbocycles. The minimum atomic E-state index is -0.976. The Kier molecular flexibility index (Phi) is 5.64. The zero-order chi connectivity index (χ0) is 14.4. The van der Waals surface area contributed by atoms with Crippen LogP contribution in [0.5, 0.6) is 0 Å². The molecule has 0 spiro atoms. The fourth-order valence-electron chi connectivity index (χ4n) is 1.75. The molecule has 0 atom stereocenters. The maximum absolute atomic E-state index is 10.5. The van der Waals surface area contributed by atoms with Gasteiger partial charge in [0.05, 0.1) is 10.7 Å². The molecule has 1 rings (SSSR count). The van der Waals surface area contributed by atoms with Gasteiger partial charge in [-0.15, -0.1) is 6.58 Å². The van der Waals surface area contributed by atoms with Crippen molar-refractivity contribution in [3.05, 3.63) is 47.5 Å². The van der Waals surface area contributed by atoms with E-state index in [4.69, 9.17) is 16.7 Å². The fraction of sp³-hybridized carbons (Fsp3) is 0.267. The van der Waals surface area contributed by atoms with Crippen molar-refractivity contribution in [1.29, 1.82) is 0 Å². The molecule has 0 fully saturated rings. The summed E-state index contributed by atoms with van der Waals surface area (Å²) in [6, 6.07) is 5.80. The van der Waals surface area contributed by atoms with Crippen LogP contribution in [-0.2, 0) is 4.79 Å². The lowest BCUT2D eigenvalue weighted by atomic mass is 10.1. The third-order valence-corrected chi connectivity index (χ3v) is 2.95. The van der Waals surface area contributed by atoms with Crippen molar-refractivity contribution >= 4 is 29.3 Å². The van der Waals surface area contributed by atoms with Crippen molar-refractivity contribution in [3.63, 3.8) is 0 Å². The van der Waals surface area contributed by atoms with Crippen LogP contribution in [0.1, 0.15) is 19.4 Å². The van der Waals surface area contributed by atoms with Gasteiger partial charge >= 0.3 is 5.97 Å². The van der Waals surface area contributed by atoms with E-state index in [2.05, 4.69) is 25.3 Å². The first-order valence-electron chi connectivity index (χ1n) is 6.03. The first kappa shape index (κ1) is 15.3. The van der Waals surface area contributed by atoms with Gasteiger partial charge in [0.25, 0.3) is 0 Å². The molecule has 0 unspecified atom stereocenters. The molecule has 0 amide bonds. The molecule has 0 heterocycles. The summed E-state index contributed by atoms with van der Waals surface area (Å²) in [7, 11) is 0. The van der Waals surface area contributed by atoms with Crippen molar-refractivity contribution in [1.82, 2.24) is 0 Å². The normalized spacial score (nSPS) is 10.9. The van der Waals surface area contributed by atoms with Crippen LogP contribution in [0.2, 0.25) is 5.02 Å². The standard InChI is InChI=1S/C15H18ClNO2/c1-4-9-17(11(2)3)14-7-5-12(10-13(14)16)6-8-15(18)19/h4-8,10-11H,1,9H2,2-3H3,(H,18,19)/b8-6+. The Morgan fingerprint density at radius 2 is 2.21 bits per heavy atom. The number of nitrogens with zero attached hydrogens (tertiary/aromatic N) is 1. The highest BCUT2D eigenvalue weighted by Crippen LogP contribution is 2.28. The first-order chi connectivity index (χ1) is 8.95. The van der Waals surface area contributed by atoms with Crippen LogP contribution in [0, 0.1) is 0 Å². The lowest BCUT2D eigenvalue weighted by Crippen LogP contribution is -2.30. The average Bonchev–Trinajstić information content (AvgIpc) is 2.34. The Balaban J connectivity index is 3.04. The van der Waals surface area contributed by atoms with E-state index < -0.39 is 5.97 Å². The highest BCUT2D eigenvalue weighted by molar-refractivity contribution is 6.33. The van der Waals surface area contributed by atoms with Crippen LogP contribution >= 0.6 is 11.6 Å². The molecule has 1 N–H and O–H groups in total. The molecule has 4 heteroatoms. The molecule has 19 heavy (non-hydrogen) atoms. The number of anilines is 1. The molecule has 1 aromatic rings. The number of carboxylic acid groups (broad SMARTS) is 1. The van der Waals surface area contributed by atoms with Crippen LogP contribution in [0.25, 0.3) is 6.08 Å². The van der Waals surface area contributed by atoms with E-state index in [0.717, 1.165) is 17.3 Å². The maximum atomic E-state index is 10.5. The molecular weight excluding hydrogens is 262 g/mol. The van der Waals surface area contributed by atoms with E-state index in [9.17, 15) is 4.79 Å². The monoisotopic (exact) mass is 279 g/mol. The molecule has 0 saturated carbocycles. The second kappa shape index (κ2) is 7.00. The summed E-state index contributed by atoms with van der Waals surface area (Å²) in [5.41, 5.74) is 1.68. The highest BCUT2D eigenvalue weighted by Gasteiger charge is 2.12. The van der Waals surface area contributed by atoms with Gasteiger partial charge in [0, 0.05) is 18.7 Å². The van der Waals surface area contributed by atoms with Gasteiger partial charge in [-0.25, -0.2) is 4.79 Å². The third kappa shape index (κ3) is 4.45. The van der Waals surface area contributed by atoms with Crippen LogP contribution in [0.15, 0.2) is 36.9 Å². The van der Waals surface area contributed by atoms with Gasteiger partial charge in [0.1, 0.15) is 0 Å². The van der Waals surface area contributed by atoms with Crippen molar-refractivity contribution in [2.24, 2.45) is 0 Å². The predicted octanol–water partition coefficient (Wildman–Crippen LogP) is 3.84. The summed E-state index contributed by atoms with van der Waals surface area (Å²) in [5.74, 6) is -0.976. The van der Waals surface area contributed by atoms with Gasteiger partial charge in [-0.3, -0.25) is 0 Å². The number of halogens is 1. The van der Waals surface area contributed by atoms with Crippen molar-refractivity contribution in [2.45, 2.75) is 19.9 Å². The Morgan fingerprint density at radius 1 is 1.53 bits per heavy atom. The van der Waals surface area contributed by atoms with E-state index in [-0.39, 0.29) is 0 Å². The predicted molar refractivity (Wildman–Crippen MR) is 80.8 cm³/mol. The quantitative estimate of drug-likeness (QED) is 0.635. The second-order valence-electron chi connectivity index (χ2n) is 4.42. The van der Waals surface area contributed by atoms with E-state index in [1.807, 2.05) is 18.2 Å². The van der Waals surface area contributed by atoms with Crippen molar-refractivity contribution in [2.75, 3.05) is 11.4 Å².